The van der Waals surface area contributed by atoms with Crippen LogP contribution in [0.1, 0.15) is 65.1 Å². The molecule has 1 fully saturated rings. The summed E-state index contributed by atoms with van der Waals surface area (Å²) in [7, 11) is 1.55. The van der Waals surface area contributed by atoms with E-state index in [0.717, 1.165) is 25.7 Å². The highest BCUT2D eigenvalue weighted by atomic mass is 16.5. The van der Waals surface area contributed by atoms with E-state index in [1.54, 1.807) is 74.7 Å². The molecule has 2 aromatic carbocycles. The summed E-state index contributed by atoms with van der Waals surface area (Å²) in [5.74, 6) is -0.598. The zero-order valence-electron chi connectivity index (χ0n) is 20.4. The van der Waals surface area contributed by atoms with Gasteiger partial charge in [-0.05, 0) is 73.9 Å². The zero-order chi connectivity index (χ0) is 25.5. The van der Waals surface area contributed by atoms with Crippen molar-refractivity contribution >= 4 is 23.5 Å². The number of furan rings is 1. The van der Waals surface area contributed by atoms with Crippen LogP contribution in [0, 0.1) is 0 Å². The van der Waals surface area contributed by atoms with E-state index in [2.05, 4.69) is 5.32 Å². The van der Waals surface area contributed by atoms with E-state index in [0.29, 0.717) is 22.6 Å². The fourth-order valence-corrected chi connectivity index (χ4v) is 4.45. The maximum atomic E-state index is 13.8. The molecule has 1 unspecified atom stereocenters. The van der Waals surface area contributed by atoms with Gasteiger partial charge in [0.05, 0.1) is 25.5 Å². The quantitative estimate of drug-likeness (QED) is 0.428. The summed E-state index contributed by atoms with van der Waals surface area (Å²) in [6.45, 7) is 1.99. The number of carbonyl (C=O) groups is 3. The number of benzene rings is 2. The van der Waals surface area contributed by atoms with E-state index in [9.17, 15) is 14.4 Å². The van der Waals surface area contributed by atoms with E-state index in [-0.39, 0.29) is 24.3 Å². The molecule has 188 valence electrons. The van der Waals surface area contributed by atoms with Gasteiger partial charge in [-0.15, -0.1) is 0 Å². The molecule has 1 aromatic heterocycles. The molecule has 8 heteroatoms. The summed E-state index contributed by atoms with van der Waals surface area (Å²) in [5.41, 5.74) is 1.36. The van der Waals surface area contributed by atoms with Gasteiger partial charge in [-0.3, -0.25) is 14.5 Å². The van der Waals surface area contributed by atoms with Crippen LogP contribution in [0.4, 0.5) is 5.69 Å². The molecule has 0 bridgehead atoms. The van der Waals surface area contributed by atoms with Crippen LogP contribution in [-0.2, 0) is 9.53 Å². The maximum absolute atomic E-state index is 13.8. The fourth-order valence-electron chi connectivity index (χ4n) is 4.45. The molecule has 1 atom stereocenters. The van der Waals surface area contributed by atoms with Gasteiger partial charge in [0, 0.05) is 11.7 Å². The average molecular weight is 491 g/mol. The first-order chi connectivity index (χ1) is 17.5. The fraction of sp³-hybridized carbons (Fsp3) is 0.321. The van der Waals surface area contributed by atoms with Crippen LogP contribution in [0.5, 0.6) is 5.75 Å². The molecule has 4 rings (SSSR count). The van der Waals surface area contributed by atoms with E-state index in [4.69, 9.17) is 13.9 Å². The minimum absolute atomic E-state index is 0.0531. The molecule has 8 nitrogen and oxygen atoms in total. The first kappa shape index (κ1) is 25.0. The number of esters is 1. The van der Waals surface area contributed by atoms with Crippen molar-refractivity contribution in [2.24, 2.45) is 0 Å². The van der Waals surface area contributed by atoms with Gasteiger partial charge in [-0.1, -0.05) is 25.0 Å². The number of nitrogens with one attached hydrogen (secondary N) is 1. The van der Waals surface area contributed by atoms with E-state index >= 15 is 0 Å². The summed E-state index contributed by atoms with van der Waals surface area (Å²) >= 11 is 0. The molecule has 1 aliphatic rings. The number of methoxy groups -OCH3 is 1. The lowest BCUT2D eigenvalue weighted by atomic mass is 10.0. The number of hydrogen-bond donors (Lipinski definition) is 1. The molecule has 0 aliphatic heterocycles. The molecule has 1 heterocycles. The Kier molecular flexibility index (Phi) is 8.05. The van der Waals surface area contributed by atoms with Crippen molar-refractivity contribution in [3.05, 3.63) is 83.8 Å². The number of anilines is 1. The van der Waals surface area contributed by atoms with Crippen molar-refractivity contribution in [3.63, 3.8) is 0 Å². The monoisotopic (exact) mass is 490 g/mol. The molecule has 0 saturated heterocycles. The highest BCUT2D eigenvalue weighted by molar-refractivity contribution is 6.09. The van der Waals surface area contributed by atoms with Gasteiger partial charge >= 0.3 is 5.97 Å². The molecular weight excluding hydrogens is 460 g/mol. The van der Waals surface area contributed by atoms with Gasteiger partial charge in [0.1, 0.15) is 11.8 Å². The van der Waals surface area contributed by atoms with Gasteiger partial charge in [0.25, 0.3) is 5.91 Å². The summed E-state index contributed by atoms with van der Waals surface area (Å²) in [6, 6.07) is 15.7. The molecular formula is C28H30N2O6. The molecule has 1 N–H and O–H groups in total. The first-order valence-corrected chi connectivity index (χ1v) is 12.1. The standard InChI is InChI=1S/C28H30N2O6/c1-3-35-28(33)19-13-15-22(16-14-19)30(27(32)24-12-7-17-36-24)25(20-8-6-11-23(18-20)34-2)26(31)29-21-9-4-5-10-21/h6-8,11-18,21,25H,3-5,9-10H2,1-2H3,(H,29,31). The van der Waals surface area contributed by atoms with Crippen LogP contribution in [-0.4, -0.2) is 37.5 Å². The van der Waals surface area contributed by atoms with Crippen molar-refractivity contribution in [2.45, 2.75) is 44.7 Å². The lowest BCUT2D eigenvalue weighted by Gasteiger charge is -2.32. The molecule has 1 saturated carbocycles. The van der Waals surface area contributed by atoms with E-state index in [1.165, 1.54) is 11.2 Å². The minimum Gasteiger partial charge on any atom is -0.497 e. The minimum atomic E-state index is -1.01. The van der Waals surface area contributed by atoms with Crippen LogP contribution in [0.15, 0.2) is 71.3 Å². The Morgan fingerprint density at radius 2 is 1.81 bits per heavy atom. The molecule has 0 spiro atoms. The highest BCUT2D eigenvalue weighted by Gasteiger charge is 2.36. The van der Waals surface area contributed by atoms with Crippen molar-refractivity contribution < 1.29 is 28.3 Å². The number of rotatable bonds is 9. The van der Waals surface area contributed by atoms with Gasteiger partial charge < -0.3 is 19.2 Å². The normalized spacial score (nSPS) is 14.2. The Balaban J connectivity index is 1.79. The van der Waals surface area contributed by atoms with Gasteiger partial charge in [-0.2, -0.15) is 0 Å². The van der Waals surface area contributed by atoms with E-state index < -0.39 is 17.9 Å². The van der Waals surface area contributed by atoms with Crippen molar-refractivity contribution in [3.8, 4) is 5.75 Å². The Bertz CT molecular complexity index is 1180. The van der Waals surface area contributed by atoms with Crippen molar-refractivity contribution in [1.82, 2.24) is 5.32 Å². The smallest absolute Gasteiger partial charge is 0.338 e. The maximum Gasteiger partial charge on any atom is 0.338 e. The number of hydrogen-bond acceptors (Lipinski definition) is 6. The first-order valence-electron chi connectivity index (χ1n) is 12.1. The number of amides is 2. The summed E-state index contributed by atoms with van der Waals surface area (Å²) in [5, 5.41) is 3.13. The second kappa shape index (κ2) is 11.6. The van der Waals surface area contributed by atoms with Crippen LogP contribution in [0.3, 0.4) is 0 Å². The highest BCUT2D eigenvalue weighted by Crippen LogP contribution is 2.32. The summed E-state index contributed by atoms with van der Waals surface area (Å²) < 4.78 is 15.9. The van der Waals surface area contributed by atoms with Gasteiger partial charge in [0.2, 0.25) is 5.91 Å². The molecule has 2 amide bonds. The Morgan fingerprint density at radius 3 is 2.44 bits per heavy atom. The Morgan fingerprint density at radius 1 is 1.06 bits per heavy atom. The SMILES string of the molecule is CCOC(=O)c1ccc(N(C(=O)c2ccco2)C(C(=O)NC2CCCC2)c2cccc(OC)c2)cc1. The topological polar surface area (TPSA) is 98.1 Å². The second-order valence-electron chi connectivity index (χ2n) is 8.59. The zero-order valence-corrected chi connectivity index (χ0v) is 20.4. The number of ether oxygens (including phenoxy) is 2. The van der Waals surface area contributed by atoms with Crippen LogP contribution in [0.25, 0.3) is 0 Å². The Labute approximate surface area is 210 Å². The van der Waals surface area contributed by atoms with E-state index in [1.807, 2.05) is 0 Å². The lowest BCUT2D eigenvalue weighted by Crippen LogP contribution is -2.46. The summed E-state index contributed by atoms with van der Waals surface area (Å²) in [4.78, 5) is 41.1. The van der Waals surface area contributed by atoms with Crippen molar-refractivity contribution in [2.75, 3.05) is 18.6 Å². The molecule has 1 aliphatic carbocycles. The molecule has 36 heavy (non-hydrogen) atoms. The predicted molar refractivity (Wildman–Crippen MR) is 134 cm³/mol. The van der Waals surface area contributed by atoms with Crippen LogP contribution in [0.2, 0.25) is 0 Å². The second-order valence-corrected chi connectivity index (χ2v) is 8.59. The van der Waals surface area contributed by atoms with Crippen molar-refractivity contribution in [1.29, 1.82) is 0 Å². The predicted octanol–water partition coefficient (Wildman–Crippen LogP) is 4.91. The Hall–Kier alpha value is -4.07. The summed E-state index contributed by atoms with van der Waals surface area (Å²) in [6.07, 6.45) is 5.32. The lowest BCUT2D eigenvalue weighted by molar-refractivity contribution is -0.123. The third kappa shape index (κ3) is 5.59. The van der Waals surface area contributed by atoms with Gasteiger partial charge in [-0.25, -0.2) is 4.79 Å². The van der Waals surface area contributed by atoms with Crippen LogP contribution < -0.4 is 15.0 Å². The third-order valence-corrected chi connectivity index (χ3v) is 6.23. The molecule has 0 radical (unpaired) electrons. The molecule has 3 aromatic rings. The van der Waals surface area contributed by atoms with Crippen LogP contribution >= 0.6 is 0 Å². The number of nitrogens with zero attached hydrogens (tertiary/aromatic N) is 1. The third-order valence-electron chi connectivity index (χ3n) is 6.23. The van der Waals surface area contributed by atoms with Gasteiger partial charge in [0.15, 0.2) is 5.76 Å². The number of carbonyl (C=O) groups excluding carboxylic acids is 3. The largest absolute Gasteiger partial charge is 0.497 e. The average Bonchev–Trinajstić information content (AvgIpc) is 3.62.